The first-order chi connectivity index (χ1) is 28.5. The van der Waals surface area contributed by atoms with Gasteiger partial charge in [-0.2, -0.15) is 5.26 Å². The summed E-state index contributed by atoms with van der Waals surface area (Å²) in [7, 11) is -1.20. The molecule has 1 N–H and O–H groups in total. The Hall–Kier alpha value is -4.16. The average molecular weight is 863 g/mol. The van der Waals surface area contributed by atoms with E-state index in [1.54, 1.807) is 14.2 Å². The molecule has 1 fully saturated rings. The van der Waals surface area contributed by atoms with Crippen molar-refractivity contribution in [1.29, 1.82) is 5.26 Å². The molecule has 0 spiro atoms. The maximum absolute atomic E-state index is 13.6. The third kappa shape index (κ3) is 10.5. The van der Waals surface area contributed by atoms with E-state index in [2.05, 4.69) is 77.3 Å². The van der Waals surface area contributed by atoms with Crippen LogP contribution < -0.4 is 20.7 Å². The molecule has 1 aromatic heterocycles. The van der Waals surface area contributed by atoms with Gasteiger partial charge in [-0.1, -0.05) is 75.4 Å². The van der Waals surface area contributed by atoms with Crippen molar-refractivity contribution < 1.29 is 32.4 Å². The van der Waals surface area contributed by atoms with Crippen LogP contribution in [0.3, 0.4) is 0 Å². The van der Waals surface area contributed by atoms with E-state index in [0.717, 1.165) is 16.7 Å². The van der Waals surface area contributed by atoms with Gasteiger partial charge in [-0.15, -0.1) is 0 Å². The lowest BCUT2D eigenvalue weighted by Gasteiger charge is -2.42. The molecule has 0 amide bonds. The first-order valence-corrected chi connectivity index (χ1v) is 24.4. The lowest BCUT2D eigenvalue weighted by Crippen LogP contribution is -2.50. The van der Waals surface area contributed by atoms with Gasteiger partial charge in [-0.05, 0) is 86.8 Å². The van der Waals surface area contributed by atoms with Gasteiger partial charge in [-0.3, -0.25) is 14.3 Å². The van der Waals surface area contributed by atoms with Crippen LogP contribution in [0.15, 0.2) is 101 Å². The van der Waals surface area contributed by atoms with E-state index in [0.29, 0.717) is 11.5 Å². The molecule has 13 nitrogen and oxygen atoms in total. The Balaban J connectivity index is 1.73. The summed E-state index contributed by atoms with van der Waals surface area (Å²) in [5, 5.41) is 9.26. The number of ether oxygens (including phenoxy) is 4. The molecule has 3 aromatic carbocycles. The molecule has 1 aliphatic heterocycles. The Morgan fingerprint density at radius 1 is 0.850 bits per heavy atom. The quantitative estimate of drug-likeness (QED) is 0.0419. The van der Waals surface area contributed by atoms with Crippen molar-refractivity contribution in [2.45, 2.75) is 115 Å². The van der Waals surface area contributed by atoms with E-state index in [9.17, 15) is 14.9 Å². The van der Waals surface area contributed by atoms with E-state index in [-0.39, 0.29) is 36.8 Å². The summed E-state index contributed by atoms with van der Waals surface area (Å²) in [6.45, 7) is 19.1. The van der Waals surface area contributed by atoms with Gasteiger partial charge in [0.15, 0.2) is 14.5 Å². The number of rotatable bonds is 19. The van der Waals surface area contributed by atoms with Crippen LogP contribution in [-0.2, 0) is 28.5 Å². The number of aromatic amines is 1. The number of nitriles is 1. The fourth-order valence-corrected chi connectivity index (χ4v) is 10.2. The second kappa shape index (κ2) is 20.1. The zero-order chi connectivity index (χ0) is 43.8. The maximum atomic E-state index is 13.6. The maximum Gasteiger partial charge on any atom is 0.330 e. The zero-order valence-electron chi connectivity index (χ0n) is 36.7. The normalized spacial score (nSPS) is 19.1. The molecule has 1 aliphatic rings. The lowest BCUT2D eigenvalue weighted by molar-refractivity contribution is -0.0943. The zero-order valence-corrected chi connectivity index (χ0v) is 38.6. The molecular formula is C45H61N4O9PSi. The number of nitrogens with one attached hydrogen (secondary N) is 1. The van der Waals surface area contributed by atoms with Crippen molar-refractivity contribution in [3.05, 3.63) is 129 Å². The number of benzene rings is 3. The summed E-state index contributed by atoms with van der Waals surface area (Å²) < 4.78 is 50.0. The first-order valence-electron chi connectivity index (χ1n) is 20.4. The van der Waals surface area contributed by atoms with Crippen molar-refractivity contribution in [3.8, 4) is 17.6 Å². The van der Waals surface area contributed by atoms with E-state index in [1.807, 2.05) is 78.9 Å². The number of aromatic nitrogens is 2. The van der Waals surface area contributed by atoms with E-state index < -0.39 is 58.2 Å². The molecule has 324 valence electrons. The average Bonchev–Trinajstić information content (AvgIpc) is 3.53. The van der Waals surface area contributed by atoms with E-state index >= 15 is 0 Å². The Morgan fingerprint density at radius 2 is 1.40 bits per heavy atom. The lowest BCUT2D eigenvalue weighted by atomic mass is 9.80. The van der Waals surface area contributed by atoms with Crippen molar-refractivity contribution in [1.82, 2.24) is 14.2 Å². The summed E-state index contributed by atoms with van der Waals surface area (Å²) in [6.07, 6.45) is -2.01. The van der Waals surface area contributed by atoms with Gasteiger partial charge >= 0.3 is 5.69 Å². The fraction of sp³-hybridized carbons (Fsp3) is 0.489. The molecule has 0 aliphatic carbocycles. The largest absolute Gasteiger partial charge is 0.497 e. The molecule has 5 rings (SSSR count). The SMILES string of the molecule is COc1ccc(C(OC[C@H]2O[C@@H]([15n]3ccc(=O)[15nH]c3=O)[C@H](O[Si](C)(C)C(C)(C)C)[C@@H]2OP(OCCC#N)N(C(C)C)C(C)C)(c2ccccc2)c2ccc(OC)cc2)cc1. The smallest absolute Gasteiger partial charge is 0.330 e. The van der Waals surface area contributed by atoms with Crippen LogP contribution >= 0.6 is 8.53 Å². The minimum Gasteiger partial charge on any atom is -0.497 e. The van der Waals surface area contributed by atoms with Gasteiger partial charge in [0.1, 0.15) is 35.4 Å². The Labute approximate surface area is 356 Å². The van der Waals surface area contributed by atoms with Gasteiger partial charge in [0.2, 0.25) is 0 Å². The van der Waals surface area contributed by atoms with Gasteiger partial charge in [0, 0.05) is 24.3 Å². The minimum absolute atomic E-state index is 0.00321. The summed E-state index contributed by atoms with van der Waals surface area (Å²) in [5.41, 5.74) is 0.119. The third-order valence-electron chi connectivity index (χ3n) is 11.2. The van der Waals surface area contributed by atoms with Crippen LogP contribution in [0.25, 0.3) is 0 Å². The molecule has 4 aromatic rings. The molecule has 5 atom stereocenters. The summed E-state index contributed by atoms with van der Waals surface area (Å²) in [4.78, 5) is 28.4. The minimum atomic E-state index is -2.64. The van der Waals surface area contributed by atoms with Crippen LogP contribution in [-0.4, -0.2) is 80.4 Å². The topological polar surface area (TPSA) is 147 Å². The second-order valence-corrected chi connectivity index (χ2v) is 23.0. The van der Waals surface area contributed by atoms with Crippen molar-refractivity contribution in [2.75, 3.05) is 27.4 Å². The number of H-pyrrole nitrogens is 1. The van der Waals surface area contributed by atoms with Crippen LogP contribution in [0.5, 0.6) is 11.5 Å². The molecule has 2 heterocycles. The molecule has 0 radical (unpaired) electrons. The van der Waals surface area contributed by atoms with Gasteiger partial charge in [0.25, 0.3) is 14.1 Å². The monoisotopic (exact) mass is 862 g/mol. The van der Waals surface area contributed by atoms with E-state index in [1.165, 1.54) is 16.8 Å². The number of hydrogen-bond donors (Lipinski definition) is 1. The molecule has 0 saturated carbocycles. The van der Waals surface area contributed by atoms with Crippen molar-refractivity contribution in [3.63, 3.8) is 0 Å². The third-order valence-corrected chi connectivity index (χ3v) is 17.8. The van der Waals surface area contributed by atoms with Crippen LogP contribution in [0.1, 0.15) is 77.8 Å². The van der Waals surface area contributed by atoms with Gasteiger partial charge in [-0.25, -0.2) is 9.46 Å². The van der Waals surface area contributed by atoms with Crippen molar-refractivity contribution >= 4 is 16.8 Å². The summed E-state index contributed by atoms with van der Waals surface area (Å²) in [5.74, 6) is 1.37. The van der Waals surface area contributed by atoms with Gasteiger partial charge < -0.3 is 32.4 Å². The highest BCUT2D eigenvalue weighted by Crippen LogP contribution is 2.52. The highest BCUT2D eigenvalue weighted by atomic mass is 31.2. The molecule has 0 bridgehead atoms. The molecule has 15 heteroatoms. The fourth-order valence-electron chi connectivity index (χ4n) is 7.14. The second-order valence-electron chi connectivity index (χ2n) is 16.9. The molecule has 60 heavy (non-hydrogen) atoms. The predicted octanol–water partition coefficient (Wildman–Crippen LogP) is 8.51. The highest BCUT2D eigenvalue weighted by Gasteiger charge is 2.54. The number of hydrogen-bond acceptors (Lipinski definition) is 11. The molecule has 1 saturated heterocycles. The molecule has 1 unspecified atom stereocenters. The molecular weight excluding hydrogens is 802 g/mol. The van der Waals surface area contributed by atoms with Crippen LogP contribution in [0.2, 0.25) is 18.1 Å². The summed E-state index contributed by atoms with van der Waals surface area (Å²) >= 11 is 0. The van der Waals surface area contributed by atoms with Crippen LogP contribution in [0.4, 0.5) is 0 Å². The predicted molar refractivity (Wildman–Crippen MR) is 236 cm³/mol. The van der Waals surface area contributed by atoms with Gasteiger partial charge in [0.05, 0.1) is 39.9 Å². The first kappa shape index (κ1) is 46.9. The Kier molecular flexibility index (Phi) is 15.7. The Morgan fingerprint density at radius 3 is 1.88 bits per heavy atom. The van der Waals surface area contributed by atoms with Crippen molar-refractivity contribution in [2.24, 2.45) is 0 Å². The van der Waals surface area contributed by atoms with E-state index in [4.69, 9.17) is 32.4 Å². The standard InChI is InChI=1S/C45H61N4O9PSi/c1-31(2)49(32(3)4)59(55-29-15-27-46)57-40-38(56-42(48-28-26-39(50)47-43(48)51)41(40)58-60(10,11)44(5,6)7)30-54-45(33-16-13-12-14-17-33,34-18-22-36(52-8)23-19-34)35-20-24-37(53-9)25-21-35/h12-14,16-26,28,31-32,38,40-42H,15,29-30H2,1-11H3,(H,47,50,51)/t38-,40-,41-,42-,59?/m1/s1/i47+1,48+1. The Bertz CT molecular complexity index is 2080. The summed E-state index contributed by atoms with van der Waals surface area (Å²) in [6, 6.07) is 29.0. The number of methoxy groups -OCH3 is 2. The highest BCUT2D eigenvalue weighted by molar-refractivity contribution is 7.44. The van der Waals surface area contributed by atoms with Crippen LogP contribution in [0, 0.1) is 11.3 Å². The number of nitrogens with zero attached hydrogens (tertiary/aromatic N) is 3.